The van der Waals surface area contributed by atoms with E-state index in [2.05, 4.69) is 24.3 Å². The average Bonchev–Trinajstić information content (AvgIpc) is 3.15. The fourth-order valence-electron chi connectivity index (χ4n) is 5.46. The van der Waals surface area contributed by atoms with Crippen LogP contribution in [0.1, 0.15) is 49.1 Å². The van der Waals surface area contributed by atoms with E-state index < -0.39 is 17.6 Å². The molecule has 1 amide bonds. The van der Waals surface area contributed by atoms with E-state index in [-0.39, 0.29) is 18.6 Å². The van der Waals surface area contributed by atoms with E-state index in [0.29, 0.717) is 12.8 Å². The summed E-state index contributed by atoms with van der Waals surface area (Å²) in [4.78, 5) is 26.5. The Labute approximate surface area is 163 Å². The van der Waals surface area contributed by atoms with E-state index in [1.54, 1.807) is 0 Å². The number of ether oxygens (including phenoxy) is 1. The van der Waals surface area contributed by atoms with Crippen molar-refractivity contribution >= 4 is 12.1 Å². The van der Waals surface area contributed by atoms with Crippen LogP contribution in [0.3, 0.4) is 0 Å². The predicted molar refractivity (Wildman–Crippen MR) is 104 cm³/mol. The van der Waals surface area contributed by atoms with Crippen molar-refractivity contribution in [3.05, 3.63) is 59.7 Å². The van der Waals surface area contributed by atoms with Crippen LogP contribution >= 0.6 is 0 Å². The number of carbonyl (C=O) groups is 2. The Kier molecular flexibility index (Phi) is 3.93. The van der Waals surface area contributed by atoms with Crippen LogP contribution in [-0.2, 0) is 9.53 Å². The SMILES string of the molecule is O=C(OCC1c2ccccc2-c2ccccc21)N1C2CCCC1(C(=O)O)CC2. The highest BCUT2D eigenvalue weighted by atomic mass is 16.6. The zero-order valence-corrected chi connectivity index (χ0v) is 15.6. The Hall–Kier alpha value is -2.82. The molecule has 2 heterocycles. The molecule has 2 aromatic rings. The van der Waals surface area contributed by atoms with Gasteiger partial charge in [0, 0.05) is 12.0 Å². The van der Waals surface area contributed by atoms with Gasteiger partial charge in [-0.25, -0.2) is 9.59 Å². The molecule has 5 rings (SSSR count). The third-order valence-corrected chi connectivity index (χ3v) is 6.78. The molecule has 0 spiro atoms. The van der Waals surface area contributed by atoms with Gasteiger partial charge in [-0.2, -0.15) is 0 Å². The van der Waals surface area contributed by atoms with Crippen LogP contribution < -0.4 is 0 Å². The number of rotatable bonds is 3. The van der Waals surface area contributed by atoms with Gasteiger partial charge in [0.1, 0.15) is 12.1 Å². The molecule has 0 saturated carbocycles. The summed E-state index contributed by atoms with van der Waals surface area (Å²) >= 11 is 0. The second-order valence-electron chi connectivity index (χ2n) is 8.10. The molecule has 0 aromatic heterocycles. The molecule has 1 aliphatic carbocycles. The van der Waals surface area contributed by atoms with Crippen molar-refractivity contribution in [2.24, 2.45) is 0 Å². The lowest BCUT2D eigenvalue weighted by atomic mass is 9.89. The summed E-state index contributed by atoms with van der Waals surface area (Å²) in [5, 5.41) is 9.83. The molecule has 28 heavy (non-hydrogen) atoms. The van der Waals surface area contributed by atoms with Crippen LogP contribution in [-0.4, -0.2) is 40.3 Å². The van der Waals surface area contributed by atoms with Gasteiger partial charge in [-0.15, -0.1) is 0 Å². The first-order chi connectivity index (χ1) is 13.6. The van der Waals surface area contributed by atoms with Crippen molar-refractivity contribution in [1.82, 2.24) is 4.90 Å². The molecule has 2 aromatic carbocycles. The van der Waals surface area contributed by atoms with Crippen LogP contribution in [0.4, 0.5) is 4.79 Å². The summed E-state index contributed by atoms with van der Waals surface area (Å²) in [6, 6.07) is 16.4. The van der Waals surface area contributed by atoms with Crippen LogP contribution in [0, 0.1) is 0 Å². The Morgan fingerprint density at radius 3 is 2.29 bits per heavy atom. The number of fused-ring (bicyclic) bond motifs is 5. The average molecular weight is 377 g/mol. The minimum Gasteiger partial charge on any atom is -0.479 e. The zero-order chi connectivity index (χ0) is 19.3. The normalized spacial score (nSPS) is 25.3. The first kappa shape index (κ1) is 17.3. The molecule has 2 atom stereocenters. The molecule has 3 aliphatic rings. The van der Waals surface area contributed by atoms with Gasteiger partial charge in [-0.1, -0.05) is 48.5 Å². The number of amides is 1. The quantitative estimate of drug-likeness (QED) is 0.860. The molecular weight excluding hydrogens is 354 g/mol. The Morgan fingerprint density at radius 2 is 1.64 bits per heavy atom. The number of carbonyl (C=O) groups excluding carboxylic acids is 1. The maximum Gasteiger partial charge on any atom is 0.411 e. The fourth-order valence-corrected chi connectivity index (χ4v) is 5.46. The lowest BCUT2D eigenvalue weighted by Gasteiger charge is -2.41. The Bertz CT molecular complexity index is 906. The van der Waals surface area contributed by atoms with Crippen molar-refractivity contribution < 1.29 is 19.4 Å². The van der Waals surface area contributed by atoms with Crippen molar-refractivity contribution in [3.63, 3.8) is 0 Å². The van der Waals surface area contributed by atoms with Gasteiger partial charge >= 0.3 is 12.1 Å². The van der Waals surface area contributed by atoms with Gasteiger partial charge in [0.05, 0.1) is 0 Å². The molecule has 2 fully saturated rings. The lowest BCUT2D eigenvalue weighted by Crippen LogP contribution is -2.58. The maximum atomic E-state index is 13.0. The predicted octanol–water partition coefficient (Wildman–Crippen LogP) is 4.41. The monoisotopic (exact) mass is 377 g/mol. The first-order valence-electron chi connectivity index (χ1n) is 9.99. The lowest BCUT2D eigenvalue weighted by molar-refractivity contribution is -0.151. The molecule has 2 aliphatic heterocycles. The smallest absolute Gasteiger partial charge is 0.411 e. The van der Waals surface area contributed by atoms with Gasteiger partial charge < -0.3 is 9.84 Å². The van der Waals surface area contributed by atoms with Crippen molar-refractivity contribution in [2.75, 3.05) is 6.61 Å². The van der Waals surface area contributed by atoms with E-state index in [0.717, 1.165) is 30.4 Å². The summed E-state index contributed by atoms with van der Waals surface area (Å²) in [5.74, 6) is -0.914. The standard InChI is InChI=1S/C23H23NO4/c25-21(26)23-12-5-6-15(11-13-23)24(23)22(27)28-14-20-18-9-3-1-7-16(18)17-8-2-4-10-19(17)20/h1-4,7-10,15,20H,5-6,11-14H2,(H,25,26). The largest absolute Gasteiger partial charge is 0.479 e. The Balaban J connectivity index is 1.40. The molecule has 2 saturated heterocycles. The summed E-state index contributed by atoms with van der Waals surface area (Å²) in [7, 11) is 0. The number of carboxylic acid groups (broad SMARTS) is 1. The second-order valence-corrected chi connectivity index (χ2v) is 8.10. The summed E-state index contributed by atoms with van der Waals surface area (Å²) in [6.07, 6.45) is 3.02. The highest BCUT2D eigenvalue weighted by Crippen LogP contribution is 2.46. The number of benzene rings is 2. The van der Waals surface area contributed by atoms with Gasteiger partial charge in [0.2, 0.25) is 0 Å². The van der Waals surface area contributed by atoms with E-state index in [9.17, 15) is 14.7 Å². The number of hydrogen-bond acceptors (Lipinski definition) is 3. The van der Waals surface area contributed by atoms with Crippen LogP contribution in [0.2, 0.25) is 0 Å². The zero-order valence-electron chi connectivity index (χ0n) is 15.6. The fraction of sp³-hybridized carbons (Fsp3) is 0.391. The highest BCUT2D eigenvalue weighted by Gasteiger charge is 2.56. The van der Waals surface area contributed by atoms with E-state index >= 15 is 0 Å². The third-order valence-electron chi connectivity index (χ3n) is 6.78. The highest BCUT2D eigenvalue weighted by molar-refractivity contribution is 5.86. The number of piperidine rings is 1. The van der Waals surface area contributed by atoms with Crippen molar-refractivity contribution in [3.8, 4) is 11.1 Å². The maximum absolute atomic E-state index is 13.0. The van der Waals surface area contributed by atoms with E-state index in [1.165, 1.54) is 16.0 Å². The molecule has 5 nitrogen and oxygen atoms in total. The molecule has 1 N–H and O–H groups in total. The van der Waals surface area contributed by atoms with Crippen molar-refractivity contribution in [2.45, 2.75) is 49.6 Å². The topological polar surface area (TPSA) is 66.8 Å². The minimum absolute atomic E-state index is 0.0134. The molecule has 2 bridgehead atoms. The van der Waals surface area contributed by atoms with Gasteiger partial charge in [0.25, 0.3) is 0 Å². The van der Waals surface area contributed by atoms with Crippen molar-refractivity contribution in [1.29, 1.82) is 0 Å². The molecule has 2 unspecified atom stereocenters. The van der Waals surface area contributed by atoms with Crippen LogP contribution in [0.25, 0.3) is 11.1 Å². The van der Waals surface area contributed by atoms with E-state index in [4.69, 9.17) is 4.74 Å². The minimum atomic E-state index is -1.08. The first-order valence-corrected chi connectivity index (χ1v) is 9.99. The molecule has 0 radical (unpaired) electrons. The van der Waals surface area contributed by atoms with E-state index in [1.807, 2.05) is 24.3 Å². The summed E-state index contributed by atoms with van der Waals surface area (Å²) in [6.45, 7) is 0.228. The Morgan fingerprint density at radius 1 is 1.00 bits per heavy atom. The van der Waals surface area contributed by atoms with Crippen LogP contribution in [0.15, 0.2) is 48.5 Å². The number of hydrogen-bond donors (Lipinski definition) is 1. The van der Waals surface area contributed by atoms with Crippen LogP contribution in [0.5, 0.6) is 0 Å². The number of nitrogens with zero attached hydrogens (tertiary/aromatic N) is 1. The molecule has 5 heteroatoms. The van der Waals surface area contributed by atoms with Gasteiger partial charge in [-0.05, 0) is 54.4 Å². The third kappa shape index (κ3) is 2.38. The van der Waals surface area contributed by atoms with Gasteiger partial charge in [-0.3, -0.25) is 4.90 Å². The summed E-state index contributed by atoms with van der Waals surface area (Å²) in [5.41, 5.74) is 3.60. The number of aliphatic carboxylic acids is 1. The number of carboxylic acids is 1. The molecule has 144 valence electrons. The molecular formula is C23H23NO4. The second kappa shape index (κ2) is 6.36. The van der Waals surface area contributed by atoms with Gasteiger partial charge in [0.15, 0.2) is 0 Å². The summed E-state index contributed by atoms with van der Waals surface area (Å²) < 4.78 is 5.76.